The summed E-state index contributed by atoms with van der Waals surface area (Å²) < 4.78 is 0. The summed E-state index contributed by atoms with van der Waals surface area (Å²) in [6.07, 6.45) is 0.658. The number of carboxylic acids is 1. The van der Waals surface area contributed by atoms with Crippen LogP contribution in [0.3, 0.4) is 0 Å². The van der Waals surface area contributed by atoms with Crippen molar-refractivity contribution < 1.29 is 29.4 Å². The zero-order chi connectivity index (χ0) is 24.4. The van der Waals surface area contributed by atoms with E-state index in [0.717, 1.165) is 0 Å². The summed E-state index contributed by atoms with van der Waals surface area (Å²) in [4.78, 5) is 48.9. The van der Waals surface area contributed by atoms with Crippen molar-refractivity contribution in [1.82, 2.24) is 16.0 Å². The molecule has 10 heteroatoms. The zero-order valence-corrected chi connectivity index (χ0v) is 18.9. The fourth-order valence-electron chi connectivity index (χ4n) is 2.88. The number of nitrogens with one attached hydrogen (secondary N) is 3. The largest absolute Gasteiger partial charge is 0.508 e. The lowest BCUT2D eigenvalue weighted by Gasteiger charge is -2.27. The minimum Gasteiger partial charge on any atom is -0.508 e. The summed E-state index contributed by atoms with van der Waals surface area (Å²) in [5.74, 6) is -3.30. The van der Waals surface area contributed by atoms with Gasteiger partial charge in [-0.3, -0.25) is 19.2 Å². The molecule has 0 aliphatic carbocycles. The second-order valence-electron chi connectivity index (χ2n) is 8.18. The van der Waals surface area contributed by atoms with Crippen LogP contribution < -0.4 is 21.7 Å². The summed E-state index contributed by atoms with van der Waals surface area (Å²) in [6, 6.07) is 3.33. The number of carbonyl (C=O) groups is 4. The molecule has 0 spiro atoms. The number of aromatic hydroxyl groups is 1. The molecule has 1 rings (SSSR count). The molecule has 0 aliphatic rings. The molecule has 0 saturated carbocycles. The molecule has 178 valence electrons. The number of phenolic OH excluding ortho intramolecular Hbond substituents is 1. The summed E-state index contributed by atoms with van der Waals surface area (Å²) in [7, 11) is 0. The summed E-state index contributed by atoms with van der Waals surface area (Å²) in [5, 5.41) is 25.9. The molecule has 3 amide bonds. The summed E-state index contributed by atoms with van der Waals surface area (Å²) in [5.41, 5.74) is 6.59. The highest BCUT2D eigenvalue weighted by molar-refractivity contribution is 5.94. The van der Waals surface area contributed by atoms with Crippen molar-refractivity contribution in [3.8, 4) is 5.75 Å². The number of phenols is 1. The van der Waals surface area contributed by atoms with Crippen LogP contribution in [0.5, 0.6) is 5.75 Å². The second-order valence-corrected chi connectivity index (χ2v) is 8.18. The van der Waals surface area contributed by atoms with Crippen LogP contribution >= 0.6 is 0 Å². The van der Waals surface area contributed by atoms with Gasteiger partial charge in [-0.1, -0.05) is 46.2 Å². The molecular weight excluding hydrogens is 416 g/mol. The predicted octanol–water partition coefficient (Wildman–Crippen LogP) is 0.135. The standard InChI is InChI=1S/C22H34N4O6/c1-5-13(4)19(22(32)24-11-17(28)29)26-20(30)16(25-21(31)18(23)12(2)3)10-14-6-8-15(27)9-7-14/h6-9,12-13,16,18-19,27H,5,10-11,23H2,1-4H3,(H,24,32)(H,25,31)(H,26,30)(H,28,29). The van der Waals surface area contributed by atoms with Crippen molar-refractivity contribution in [2.75, 3.05) is 6.54 Å². The van der Waals surface area contributed by atoms with Gasteiger partial charge < -0.3 is 31.9 Å². The van der Waals surface area contributed by atoms with Gasteiger partial charge in [-0.05, 0) is 29.5 Å². The Labute approximate surface area is 187 Å². The van der Waals surface area contributed by atoms with Crippen LogP contribution in [-0.4, -0.2) is 58.6 Å². The van der Waals surface area contributed by atoms with E-state index >= 15 is 0 Å². The lowest BCUT2D eigenvalue weighted by molar-refractivity contribution is -0.139. The molecule has 0 aliphatic heterocycles. The maximum atomic E-state index is 13.1. The Bertz CT molecular complexity index is 796. The van der Waals surface area contributed by atoms with E-state index in [9.17, 15) is 24.3 Å². The third kappa shape index (κ3) is 8.54. The molecule has 1 aromatic carbocycles. The summed E-state index contributed by atoms with van der Waals surface area (Å²) >= 11 is 0. The van der Waals surface area contributed by atoms with Gasteiger partial charge >= 0.3 is 5.97 Å². The molecule has 0 heterocycles. The number of aliphatic carboxylic acids is 1. The van der Waals surface area contributed by atoms with Crippen molar-refractivity contribution >= 4 is 23.7 Å². The highest BCUT2D eigenvalue weighted by Gasteiger charge is 2.31. The average molecular weight is 451 g/mol. The van der Waals surface area contributed by atoms with Crippen molar-refractivity contribution in [2.45, 2.75) is 58.7 Å². The number of rotatable bonds is 12. The van der Waals surface area contributed by atoms with Gasteiger partial charge in [-0.2, -0.15) is 0 Å². The van der Waals surface area contributed by atoms with Gasteiger partial charge in [0, 0.05) is 6.42 Å². The molecule has 4 unspecified atom stereocenters. The van der Waals surface area contributed by atoms with Gasteiger partial charge in [-0.25, -0.2) is 0 Å². The lowest BCUT2D eigenvalue weighted by atomic mass is 9.96. The molecule has 0 saturated heterocycles. The van der Waals surface area contributed by atoms with E-state index in [0.29, 0.717) is 12.0 Å². The fourth-order valence-corrected chi connectivity index (χ4v) is 2.88. The minimum atomic E-state index is -1.20. The molecule has 0 bridgehead atoms. The number of hydrogen-bond donors (Lipinski definition) is 6. The Morgan fingerprint density at radius 1 is 0.969 bits per heavy atom. The topological polar surface area (TPSA) is 171 Å². The lowest BCUT2D eigenvalue weighted by Crippen LogP contribution is -2.58. The van der Waals surface area contributed by atoms with Gasteiger partial charge in [0.05, 0.1) is 6.04 Å². The van der Waals surface area contributed by atoms with Crippen LogP contribution in [0.2, 0.25) is 0 Å². The highest BCUT2D eigenvalue weighted by atomic mass is 16.4. The first-order chi connectivity index (χ1) is 15.0. The van der Waals surface area contributed by atoms with Gasteiger partial charge in [0.25, 0.3) is 0 Å². The highest BCUT2D eigenvalue weighted by Crippen LogP contribution is 2.13. The van der Waals surface area contributed by atoms with Crippen LogP contribution in [0.4, 0.5) is 0 Å². The van der Waals surface area contributed by atoms with Crippen molar-refractivity contribution in [3.05, 3.63) is 29.8 Å². The molecular formula is C22H34N4O6. The van der Waals surface area contributed by atoms with E-state index in [2.05, 4.69) is 16.0 Å². The zero-order valence-electron chi connectivity index (χ0n) is 18.9. The minimum absolute atomic E-state index is 0.0625. The molecule has 7 N–H and O–H groups in total. The summed E-state index contributed by atoms with van der Waals surface area (Å²) in [6.45, 7) is 6.59. The Morgan fingerprint density at radius 2 is 1.56 bits per heavy atom. The first-order valence-corrected chi connectivity index (χ1v) is 10.6. The van der Waals surface area contributed by atoms with Crippen molar-refractivity contribution in [2.24, 2.45) is 17.6 Å². The Balaban J connectivity index is 3.08. The number of carbonyl (C=O) groups excluding carboxylic acids is 3. The monoisotopic (exact) mass is 450 g/mol. The number of carboxylic acid groups (broad SMARTS) is 1. The molecule has 0 aromatic heterocycles. The number of amides is 3. The van der Waals surface area contributed by atoms with Crippen LogP contribution in [-0.2, 0) is 25.6 Å². The van der Waals surface area contributed by atoms with E-state index < -0.39 is 48.4 Å². The predicted molar refractivity (Wildman–Crippen MR) is 119 cm³/mol. The van der Waals surface area contributed by atoms with E-state index in [4.69, 9.17) is 10.8 Å². The molecule has 4 atom stereocenters. The Hall–Kier alpha value is -3.14. The quantitative estimate of drug-likeness (QED) is 0.263. The second kappa shape index (κ2) is 12.7. The SMILES string of the molecule is CCC(C)C(NC(=O)C(Cc1ccc(O)cc1)NC(=O)C(N)C(C)C)C(=O)NCC(=O)O. The molecule has 1 aromatic rings. The first-order valence-electron chi connectivity index (χ1n) is 10.6. The number of nitrogens with two attached hydrogens (primary N) is 1. The number of hydrogen-bond acceptors (Lipinski definition) is 6. The van der Waals surface area contributed by atoms with Crippen LogP contribution in [0.15, 0.2) is 24.3 Å². The Morgan fingerprint density at radius 3 is 2.06 bits per heavy atom. The fraction of sp³-hybridized carbons (Fsp3) is 0.545. The third-order valence-corrected chi connectivity index (χ3v) is 5.24. The van der Waals surface area contributed by atoms with Crippen molar-refractivity contribution in [1.29, 1.82) is 0 Å². The average Bonchev–Trinajstić information content (AvgIpc) is 2.75. The molecule has 0 radical (unpaired) electrons. The van der Waals surface area contributed by atoms with E-state index in [1.807, 2.05) is 6.92 Å². The van der Waals surface area contributed by atoms with Gasteiger partial charge in [0.2, 0.25) is 17.7 Å². The van der Waals surface area contributed by atoms with Gasteiger partial charge in [0.15, 0.2) is 0 Å². The van der Waals surface area contributed by atoms with Crippen LogP contribution in [0.25, 0.3) is 0 Å². The smallest absolute Gasteiger partial charge is 0.322 e. The van der Waals surface area contributed by atoms with Crippen LogP contribution in [0, 0.1) is 11.8 Å². The maximum absolute atomic E-state index is 13.1. The van der Waals surface area contributed by atoms with Gasteiger partial charge in [0.1, 0.15) is 24.4 Å². The van der Waals surface area contributed by atoms with Crippen LogP contribution in [0.1, 0.15) is 39.7 Å². The maximum Gasteiger partial charge on any atom is 0.322 e. The van der Waals surface area contributed by atoms with E-state index in [-0.39, 0.29) is 24.0 Å². The van der Waals surface area contributed by atoms with Crippen molar-refractivity contribution in [3.63, 3.8) is 0 Å². The molecule has 32 heavy (non-hydrogen) atoms. The molecule has 10 nitrogen and oxygen atoms in total. The van der Waals surface area contributed by atoms with E-state index in [1.54, 1.807) is 32.9 Å². The molecule has 0 fully saturated rings. The first kappa shape index (κ1) is 26.9. The third-order valence-electron chi connectivity index (χ3n) is 5.24. The van der Waals surface area contributed by atoms with E-state index in [1.165, 1.54) is 12.1 Å². The normalized spacial score (nSPS) is 14.7. The number of benzene rings is 1. The van der Waals surface area contributed by atoms with Gasteiger partial charge in [-0.15, -0.1) is 0 Å². The Kier molecular flexibility index (Phi) is 10.6.